The number of esters is 1. The monoisotopic (exact) mass is 345 g/mol. The van der Waals surface area contributed by atoms with E-state index in [1.165, 1.54) is 24.1 Å². The third-order valence-corrected chi connectivity index (χ3v) is 5.52. The van der Waals surface area contributed by atoms with Crippen molar-refractivity contribution in [3.05, 3.63) is 34.9 Å². The van der Waals surface area contributed by atoms with E-state index in [0.29, 0.717) is 11.4 Å². The van der Waals surface area contributed by atoms with Crippen LogP contribution in [0.1, 0.15) is 16.8 Å². The summed E-state index contributed by atoms with van der Waals surface area (Å²) in [6, 6.07) is 5.85. The minimum atomic E-state index is -3.07. The van der Waals surface area contributed by atoms with Crippen LogP contribution >= 0.6 is 11.6 Å². The molecule has 1 saturated heterocycles. The molecule has 1 aromatic rings. The van der Waals surface area contributed by atoms with Gasteiger partial charge in [0.1, 0.15) is 0 Å². The molecular weight excluding hydrogens is 330 g/mol. The van der Waals surface area contributed by atoms with Crippen molar-refractivity contribution in [1.82, 2.24) is 4.90 Å². The Labute approximate surface area is 133 Å². The van der Waals surface area contributed by atoms with Crippen molar-refractivity contribution in [3.63, 3.8) is 0 Å². The number of nitrogens with zero attached hydrogens (tertiary/aromatic N) is 1. The highest BCUT2D eigenvalue weighted by Gasteiger charge is 2.32. The quantitative estimate of drug-likeness (QED) is 0.764. The lowest BCUT2D eigenvalue weighted by Gasteiger charge is -2.23. The first kappa shape index (κ1) is 16.8. The Morgan fingerprint density at radius 3 is 2.73 bits per heavy atom. The fourth-order valence-electron chi connectivity index (χ4n) is 2.21. The smallest absolute Gasteiger partial charge is 0.338 e. The van der Waals surface area contributed by atoms with E-state index in [0.717, 1.165) is 0 Å². The molecule has 0 bridgehead atoms. The van der Waals surface area contributed by atoms with Crippen molar-refractivity contribution in [1.29, 1.82) is 0 Å². The number of hydrogen-bond donors (Lipinski definition) is 0. The summed E-state index contributed by atoms with van der Waals surface area (Å²) < 4.78 is 27.8. The number of rotatable bonds is 4. The molecule has 6 nitrogen and oxygen atoms in total. The van der Waals surface area contributed by atoms with Gasteiger partial charge in [-0.2, -0.15) is 0 Å². The number of sulfone groups is 1. The van der Waals surface area contributed by atoms with Crippen LogP contribution in [0.4, 0.5) is 0 Å². The molecular formula is C14H16ClNO5S. The van der Waals surface area contributed by atoms with Gasteiger partial charge in [0.05, 0.1) is 17.1 Å². The van der Waals surface area contributed by atoms with E-state index >= 15 is 0 Å². The highest BCUT2D eigenvalue weighted by molar-refractivity contribution is 7.91. The zero-order valence-corrected chi connectivity index (χ0v) is 13.6. The molecule has 1 heterocycles. The van der Waals surface area contributed by atoms with Crippen molar-refractivity contribution in [2.45, 2.75) is 12.5 Å². The maximum absolute atomic E-state index is 12.0. The zero-order chi connectivity index (χ0) is 16.3. The van der Waals surface area contributed by atoms with Gasteiger partial charge in [0.25, 0.3) is 5.91 Å². The molecule has 22 heavy (non-hydrogen) atoms. The second-order valence-corrected chi connectivity index (χ2v) is 7.81. The molecule has 0 spiro atoms. The highest BCUT2D eigenvalue weighted by Crippen LogP contribution is 2.17. The van der Waals surface area contributed by atoms with Gasteiger partial charge in [-0.3, -0.25) is 4.79 Å². The van der Waals surface area contributed by atoms with E-state index in [-0.39, 0.29) is 23.1 Å². The van der Waals surface area contributed by atoms with Crippen LogP contribution in [0.15, 0.2) is 24.3 Å². The largest absolute Gasteiger partial charge is 0.452 e. The summed E-state index contributed by atoms with van der Waals surface area (Å²) >= 11 is 5.78. The zero-order valence-electron chi connectivity index (χ0n) is 12.0. The fraction of sp³-hybridized carbons (Fsp3) is 0.429. The van der Waals surface area contributed by atoms with Crippen LogP contribution in [0.3, 0.4) is 0 Å². The van der Waals surface area contributed by atoms with E-state index in [4.69, 9.17) is 16.3 Å². The van der Waals surface area contributed by atoms with Gasteiger partial charge >= 0.3 is 5.97 Å². The number of carbonyl (C=O) groups is 2. The number of amides is 1. The lowest BCUT2D eigenvalue weighted by molar-refractivity contribution is -0.134. The Hall–Kier alpha value is -1.60. The minimum Gasteiger partial charge on any atom is -0.452 e. The predicted molar refractivity (Wildman–Crippen MR) is 81.6 cm³/mol. The summed E-state index contributed by atoms with van der Waals surface area (Å²) in [5.74, 6) is -1.05. The van der Waals surface area contributed by atoms with E-state index in [2.05, 4.69) is 0 Å². The summed E-state index contributed by atoms with van der Waals surface area (Å²) in [6.45, 7) is -0.432. The molecule has 1 aliphatic heterocycles. The maximum atomic E-state index is 12.0. The SMILES string of the molecule is CN(C(=O)COC(=O)c1cccc(Cl)c1)[C@@H]1CCS(=O)(=O)C1. The third-order valence-electron chi connectivity index (χ3n) is 3.54. The number of ether oxygens (including phenoxy) is 1. The summed E-state index contributed by atoms with van der Waals surface area (Å²) in [5, 5.41) is 0.397. The molecule has 120 valence electrons. The first-order chi connectivity index (χ1) is 10.3. The molecule has 0 aliphatic carbocycles. The van der Waals surface area contributed by atoms with Crippen molar-refractivity contribution in [3.8, 4) is 0 Å². The average molecular weight is 346 g/mol. The number of carbonyl (C=O) groups excluding carboxylic acids is 2. The molecule has 1 fully saturated rings. The van der Waals surface area contributed by atoms with Crippen LogP contribution < -0.4 is 0 Å². The first-order valence-corrected chi connectivity index (χ1v) is 8.87. The number of benzene rings is 1. The normalized spacial score (nSPS) is 19.6. The van der Waals surface area contributed by atoms with Crippen molar-refractivity contribution in [2.24, 2.45) is 0 Å². The second kappa shape index (κ2) is 6.66. The number of likely N-dealkylation sites (N-methyl/N-ethyl adjacent to an activating group) is 1. The minimum absolute atomic E-state index is 0.0442. The Kier molecular flexibility index (Phi) is 5.08. The highest BCUT2D eigenvalue weighted by atomic mass is 35.5. The molecule has 1 aromatic carbocycles. The number of halogens is 1. The fourth-order valence-corrected chi connectivity index (χ4v) is 4.18. The average Bonchev–Trinajstić information content (AvgIpc) is 2.83. The molecule has 0 aromatic heterocycles. The van der Waals surface area contributed by atoms with E-state index in [1.54, 1.807) is 12.1 Å². The topological polar surface area (TPSA) is 80.8 Å². The van der Waals surface area contributed by atoms with Gasteiger partial charge in [-0.05, 0) is 24.6 Å². The van der Waals surface area contributed by atoms with Crippen molar-refractivity contribution < 1.29 is 22.7 Å². The first-order valence-electron chi connectivity index (χ1n) is 6.67. The van der Waals surface area contributed by atoms with Gasteiger partial charge in [0.15, 0.2) is 16.4 Å². The van der Waals surface area contributed by atoms with E-state index in [9.17, 15) is 18.0 Å². The Morgan fingerprint density at radius 1 is 1.41 bits per heavy atom. The molecule has 0 unspecified atom stereocenters. The maximum Gasteiger partial charge on any atom is 0.338 e. The van der Waals surface area contributed by atoms with Crippen molar-refractivity contribution in [2.75, 3.05) is 25.2 Å². The lowest BCUT2D eigenvalue weighted by Crippen LogP contribution is -2.40. The third kappa shape index (κ3) is 4.20. The lowest BCUT2D eigenvalue weighted by atomic mass is 10.2. The summed E-state index contributed by atoms with van der Waals surface area (Å²) in [5.41, 5.74) is 0.256. The van der Waals surface area contributed by atoms with Crippen LogP contribution in [0.5, 0.6) is 0 Å². The van der Waals surface area contributed by atoms with Gasteiger partial charge in [-0.25, -0.2) is 13.2 Å². The van der Waals surface area contributed by atoms with Crippen molar-refractivity contribution >= 4 is 33.3 Å². The Morgan fingerprint density at radius 2 is 2.14 bits per heavy atom. The summed E-state index contributed by atoms with van der Waals surface area (Å²) in [6.07, 6.45) is 0.410. The molecule has 2 rings (SSSR count). The van der Waals surface area contributed by atoms with Crippen LogP contribution in [0, 0.1) is 0 Å². The molecule has 1 amide bonds. The summed E-state index contributed by atoms with van der Waals surface area (Å²) in [4.78, 5) is 25.1. The van der Waals surface area contributed by atoms with Crippen LogP contribution in [0.2, 0.25) is 5.02 Å². The van der Waals surface area contributed by atoms with Gasteiger partial charge < -0.3 is 9.64 Å². The van der Waals surface area contributed by atoms with Crippen LogP contribution in [-0.2, 0) is 19.4 Å². The molecule has 1 atom stereocenters. The molecule has 8 heteroatoms. The Bertz CT molecular complexity index is 688. The standard InChI is InChI=1S/C14H16ClNO5S/c1-16(12-5-6-22(19,20)9-12)13(17)8-21-14(18)10-3-2-4-11(15)7-10/h2-4,7,12H,5-6,8-9H2,1H3/t12-/m1/s1. The van der Waals surface area contributed by atoms with E-state index in [1.807, 2.05) is 0 Å². The van der Waals surface area contributed by atoms with Crippen LogP contribution in [0.25, 0.3) is 0 Å². The molecule has 0 N–H and O–H groups in total. The van der Waals surface area contributed by atoms with E-state index < -0.39 is 28.3 Å². The summed E-state index contributed by atoms with van der Waals surface area (Å²) in [7, 11) is -1.55. The molecule has 0 radical (unpaired) electrons. The van der Waals surface area contributed by atoms with Crippen LogP contribution in [-0.4, -0.2) is 56.4 Å². The predicted octanol–water partition coefficient (Wildman–Crippen LogP) is 1.14. The number of hydrogen-bond acceptors (Lipinski definition) is 5. The molecule has 0 saturated carbocycles. The molecule has 1 aliphatic rings. The van der Waals surface area contributed by atoms with Gasteiger partial charge in [-0.1, -0.05) is 17.7 Å². The van der Waals surface area contributed by atoms with Gasteiger partial charge in [0, 0.05) is 18.1 Å². The van der Waals surface area contributed by atoms with Gasteiger partial charge in [0.2, 0.25) is 0 Å². The second-order valence-electron chi connectivity index (χ2n) is 5.15. The van der Waals surface area contributed by atoms with Gasteiger partial charge in [-0.15, -0.1) is 0 Å². The Balaban J connectivity index is 1.88.